The maximum absolute atomic E-state index is 6.15. The average molecular weight is 324 g/mol. The van der Waals surface area contributed by atoms with Gasteiger partial charge in [-0.3, -0.25) is 4.68 Å². The highest BCUT2D eigenvalue weighted by Crippen LogP contribution is 2.34. The number of aryl methyl sites for hydroxylation is 1. The van der Waals surface area contributed by atoms with Crippen molar-refractivity contribution in [2.24, 2.45) is 7.05 Å². The van der Waals surface area contributed by atoms with Crippen molar-refractivity contribution in [1.82, 2.24) is 9.78 Å². The lowest BCUT2D eigenvalue weighted by Gasteiger charge is -2.31. The van der Waals surface area contributed by atoms with Gasteiger partial charge in [0, 0.05) is 46.5 Å². The molecule has 1 aromatic carbocycles. The maximum Gasteiger partial charge on any atom is 0.0576 e. The molecule has 0 saturated heterocycles. The van der Waals surface area contributed by atoms with Crippen molar-refractivity contribution in [3.63, 3.8) is 0 Å². The Hall–Kier alpha value is -2.27. The molecule has 0 amide bonds. The minimum Gasteiger partial charge on any atom is -0.398 e. The zero-order chi connectivity index (χ0) is 15.8. The molecule has 1 aliphatic rings. The summed E-state index contributed by atoms with van der Waals surface area (Å²) in [7, 11) is 1.95. The van der Waals surface area contributed by atoms with Gasteiger partial charge >= 0.3 is 0 Å². The third-order valence-electron chi connectivity index (χ3n) is 4.38. The summed E-state index contributed by atoms with van der Waals surface area (Å²) < 4.78 is 1.85. The molecule has 2 aromatic heterocycles. The first kappa shape index (κ1) is 14.3. The predicted molar refractivity (Wildman–Crippen MR) is 96.7 cm³/mol. The normalized spacial score (nSPS) is 14.0. The number of hydrogen-bond acceptors (Lipinski definition) is 4. The molecule has 0 unspecified atom stereocenters. The summed E-state index contributed by atoms with van der Waals surface area (Å²) in [5.74, 6) is 0. The number of nitrogens with zero attached hydrogens (tertiary/aromatic N) is 3. The summed E-state index contributed by atoms with van der Waals surface area (Å²) in [5, 5.41) is 4.26. The van der Waals surface area contributed by atoms with Crippen LogP contribution in [0.15, 0.2) is 42.7 Å². The molecule has 4 rings (SSSR count). The van der Waals surface area contributed by atoms with E-state index in [0.717, 1.165) is 25.2 Å². The van der Waals surface area contributed by atoms with Crippen LogP contribution in [0.2, 0.25) is 0 Å². The van der Waals surface area contributed by atoms with Crippen LogP contribution in [0.1, 0.15) is 16.9 Å². The van der Waals surface area contributed by atoms with E-state index in [1.165, 1.54) is 33.0 Å². The third kappa shape index (κ3) is 2.72. The number of hydrogen-bond donors (Lipinski definition) is 1. The molecule has 118 valence electrons. The van der Waals surface area contributed by atoms with Gasteiger partial charge in [-0.05, 0) is 42.7 Å². The second kappa shape index (κ2) is 5.74. The van der Waals surface area contributed by atoms with Gasteiger partial charge in [0.25, 0.3) is 0 Å². The molecule has 0 fully saturated rings. The number of fused-ring (bicyclic) bond motifs is 1. The highest BCUT2D eigenvalue weighted by atomic mass is 32.1. The largest absolute Gasteiger partial charge is 0.398 e. The number of rotatable bonds is 3. The highest BCUT2D eigenvalue weighted by molar-refractivity contribution is 7.15. The lowest BCUT2D eigenvalue weighted by molar-refractivity contribution is 0.696. The first-order valence-electron chi connectivity index (χ1n) is 7.91. The van der Waals surface area contributed by atoms with Crippen molar-refractivity contribution in [3.8, 4) is 10.4 Å². The maximum atomic E-state index is 6.15. The van der Waals surface area contributed by atoms with Crippen molar-refractivity contribution in [2.75, 3.05) is 17.2 Å². The number of benzene rings is 1. The Kier molecular flexibility index (Phi) is 3.58. The van der Waals surface area contributed by atoms with Gasteiger partial charge in [0.1, 0.15) is 0 Å². The lowest BCUT2D eigenvalue weighted by Crippen LogP contribution is -2.28. The van der Waals surface area contributed by atoms with E-state index in [1.54, 1.807) is 0 Å². The number of nitrogens with two attached hydrogens (primary N) is 1. The molecular weight excluding hydrogens is 304 g/mol. The van der Waals surface area contributed by atoms with Crippen LogP contribution in [-0.2, 0) is 20.0 Å². The Labute approximate surface area is 140 Å². The first-order chi connectivity index (χ1) is 11.2. The van der Waals surface area contributed by atoms with E-state index in [4.69, 9.17) is 5.73 Å². The molecule has 1 aliphatic heterocycles. The van der Waals surface area contributed by atoms with E-state index >= 15 is 0 Å². The fourth-order valence-corrected chi connectivity index (χ4v) is 4.24. The number of aromatic nitrogens is 2. The Bertz CT molecular complexity index is 833. The van der Waals surface area contributed by atoms with Crippen molar-refractivity contribution in [1.29, 1.82) is 0 Å². The van der Waals surface area contributed by atoms with E-state index in [1.807, 2.05) is 35.3 Å². The molecule has 3 aromatic rings. The fraction of sp³-hybridized carbons (Fsp3) is 0.278. The third-order valence-corrected chi connectivity index (χ3v) is 5.50. The summed E-state index contributed by atoms with van der Waals surface area (Å²) in [6.45, 7) is 2.04. The van der Waals surface area contributed by atoms with E-state index in [0.29, 0.717) is 0 Å². The zero-order valence-corrected chi connectivity index (χ0v) is 14.0. The number of anilines is 2. The smallest absolute Gasteiger partial charge is 0.0576 e. The minimum absolute atomic E-state index is 0.925. The van der Waals surface area contributed by atoms with Gasteiger partial charge in [-0.25, -0.2) is 0 Å². The molecule has 4 nitrogen and oxygen atoms in total. The predicted octanol–water partition coefficient (Wildman–Crippen LogP) is 3.68. The van der Waals surface area contributed by atoms with E-state index in [9.17, 15) is 0 Å². The Morgan fingerprint density at radius 1 is 1.26 bits per heavy atom. The molecule has 0 atom stereocenters. The number of nitrogen functional groups attached to an aromatic ring is 1. The summed E-state index contributed by atoms with van der Waals surface area (Å²) >= 11 is 1.85. The minimum atomic E-state index is 0.925. The lowest BCUT2D eigenvalue weighted by atomic mass is 10.00. The molecular formula is C18H20N4S. The van der Waals surface area contributed by atoms with Crippen LogP contribution in [0.25, 0.3) is 10.4 Å². The van der Waals surface area contributed by atoms with Crippen LogP contribution in [0.4, 0.5) is 11.4 Å². The van der Waals surface area contributed by atoms with Crippen molar-refractivity contribution in [3.05, 3.63) is 53.2 Å². The zero-order valence-electron chi connectivity index (χ0n) is 13.2. The van der Waals surface area contributed by atoms with Crippen LogP contribution < -0.4 is 10.6 Å². The van der Waals surface area contributed by atoms with Crippen LogP contribution in [0.5, 0.6) is 0 Å². The summed E-state index contributed by atoms with van der Waals surface area (Å²) in [4.78, 5) is 5.10. The second-order valence-corrected chi connectivity index (χ2v) is 7.21. The second-order valence-electron chi connectivity index (χ2n) is 6.04. The Morgan fingerprint density at radius 3 is 3.00 bits per heavy atom. The summed E-state index contributed by atoms with van der Waals surface area (Å²) in [6, 6.07) is 10.7. The van der Waals surface area contributed by atoms with Gasteiger partial charge in [0.15, 0.2) is 0 Å². The van der Waals surface area contributed by atoms with E-state index < -0.39 is 0 Å². The standard InChI is InChI=1S/C18H20N4S/c1-21-11-13(10-20-21)18-8-7-14(23-18)12-22-9-3-4-15-16(19)5-2-6-17(15)22/h2,5-8,10-11H,3-4,9,12,19H2,1H3. The van der Waals surface area contributed by atoms with Gasteiger partial charge in [0.2, 0.25) is 0 Å². The van der Waals surface area contributed by atoms with E-state index in [-0.39, 0.29) is 0 Å². The molecule has 0 radical (unpaired) electrons. The fourth-order valence-electron chi connectivity index (χ4n) is 3.25. The molecule has 0 saturated carbocycles. The molecule has 5 heteroatoms. The first-order valence-corrected chi connectivity index (χ1v) is 8.72. The Balaban J connectivity index is 1.58. The van der Waals surface area contributed by atoms with Crippen LogP contribution in [0, 0.1) is 0 Å². The molecule has 23 heavy (non-hydrogen) atoms. The number of thiophene rings is 1. The molecule has 3 heterocycles. The summed E-state index contributed by atoms with van der Waals surface area (Å²) in [6.07, 6.45) is 6.24. The van der Waals surface area contributed by atoms with Crippen molar-refractivity contribution < 1.29 is 0 Å². The SMILES string of the molecule is Cn1cc(-c2ccc(CN3CCCc4c(N)cccc43)s2)cn1. The van der Waals surface area contributed by atoms with Crippen molar-refractivity contribution in [2.45, 2.75) is 19.4 Å². The van der Waals surface area contributed by atoms with Gasteiger partial charge in [-0.15, -0.1) is 11.3 Å². The van der Waals surface area contributed by atoms with Gasteiger partial charge in [-0.1, -0.05) is 6.07 Å². The van der Waals surface area contributed by atoms with Gasteiger partial charge in [0.05, 0.1) is 12.7 Å². The van der Waals surface area contributed by atoms with Gasteiger partial charge in [-0.2, -0.15) is 5.10 Å². The molecule has 0 bridgehead atoms. The van der Waals surface area contributed by atoms with Crippen LogP contribution in [0.3, 0.4) is 0 Å². The van der Waals surface area contributed by atoms with Crippen LogP contribution in [-0.4, -0.2) is 16.3 Å². The van der Waals surface area contributed by atoms with Gasteiger partial charge < -0.3 is 10.6 Å². The Morgan fingerprint density at radius 2 is 2.17 bits per heavy atom. The topological polar surface area (TPSA) is 47.1 Å². The monoisotopic (exact) mass is 324 g/mol. The molecule has 0 spiro atoms. The quantitative estimate of drug-likeness (QED) is 0.748. The van der Waals surface area contributed by atoms with E-state index in [2.05, 4.69) is 40.5 Å². The highest BCUT2D eigenvalue weighted by Gasteiger charge is 2.19. The summed E-state index contributed by atoms with van der Waals surface area (Å²) in [5.41, 5.74) is 10.9. The van der Waals surface area contributed by atoms with Crippen LogP contribution >= 0.6 is 11.3 Å². The molecule has 0 aliphatic carbocycles. The van der Waals surface area contributed by atoms with Crippen molar-refractivity contribution >= 4 is 22.7 Å². The average Bonchev–Trinajstić information content (AvgIpc) is 3.17. The molecule has 2 N–H and O–H groups in total.